The molecule has 2 saturated heterocycles. The van der Waals surface area contributed by atoms with Gasteiger partial charge in [0, 0.05) is 51.3 Å². The number of rotatable bonds is 3. The number of piperidine rings is 1. The molecule has 1 atom stereocenters. The van der Waals surface area contributed by atoms with E-state index in [4.69, 9.17) is 9.90 Å². The Bertz CT molecular complexity index is 1230. The number of nitrogens with zero attached hydrogens (tertiary/aromatic N) is 8. The Hall–Kier alpha value is -3.81. The van der Waals surface area contributed by atoms with Gasteiger partial charge in [0.05, 0.1) is 11.6 Å². The third-order valence-corrected chi connectivity index (χ3v) is 6.34. The first-order valence-electron chi connectivity index (χ1n) is 11.8. The van der Waals surface area contributed by atoms with E-state index in [0.29, 0.717) is 12.1 Å². The number of carboxylic acids is 1. The van der Waals surface area contributed by atoms with Gasteiger partial charge in [-0.2, -0.15) is 13.2 Å². The van der Waals surface area contributed by atoms with E-state index in [9.17, 15) is 18.0 Å². The zero-order chi connectivity index (χ0) is 26.6. The normalized spacial score (nSPS) is 18.9. The van der Waals surface area contributed by atoms with Gasteiger partial charge in [0.2, 0.25) is 5.95 Å². The van der Waals surface area contributed by atoms with Crippen LogP contribution >= 0.6 is 0 Å². The number of fused-ring (bicyclic) bond motifs is 1. The van der Waals surface area contributed by atoms with Crippen LogP contribution in [0, 0.1) is 0 Å². The van der Waals surface area contributed by atoms with Crippen molar-refractivity contribution >= 4 is 23.5 Å². The van der Waals surface area contributed by atoms with Crippen LogP contribution in [0.25, 0.3) is 5.65 Å². The molecular weight excluding hydrogens is 493 g/mol. The van der Waals surface area contributed by atoms with Gasteiger partial charge in [0.15, 0.2) is 11.5 Å². The first kappa shape index (κ1) is 26.3. The first-order chi connectivity index (χ1) is 17.6. The van der Waals surface area contributed by atoms with E-state index in [1.54, 1.807) is 12.4 Å². The summed E-state index contributed by atoms with van der Waals surface area (Å²) in [5.41, 5.74) is 1.44. The summed E-state index contributed by atoms with van der Waals surface area (Å²) in [6, 6.07) is 5.59. The number of anilines is 1. The van der Waals surface area contributed by atoms with Crippen molar-refractivity contribution in [3.05, 3.63) is 48.2 Å². The van der Waals surface area contributed by atoms with Crippen molar-refractivity contribution in [2.24, 2.45) is 0 Å². The molecule has 0 aromatic carbocycles. The number of carbonyl (C=O) groups excluding carboxylic acids is 1. The van der Waals surface area contributed by atoms with Gasteiger partial charge in [-0.3, -0.25) is 14.1 Å². The van der Waals surface area contributed by atoms with Crippen LogP contribution in [0.3, 0.4) is 0 Å². The second kappa shape index (κ2) is 11.1. The van der Waals surface area contributed by atoms with E-state index >= 15 is 0 Å². The standard InChI is InChI=1S/C21H26N8O.C2HF3O2/c1-26-12-13-28(21-22-8-5-9-23-21)15-17(26)19-25-24-18-7-6-16(14-29(18)19)20(30)27-10-3-2-4-11-27;3-2(4,5)1(6)7/h5-9,14,17H,2-4,10-13,15H2,1H3;(H,6,7). The van der Waals surface area contributed by atoms with Crippen LogP contribution in [-0.4, -0.2) is 97.3 Å². The molecule has 3 aromatic heterocycles. The Kier molecular flexibility index (Phi) is 7.86. The molecule has 0 radical (unpaired) electrons. The van der Waals surface area contributed by atoms with E-state index < -0.39 is 12.1 Å². The molecule has 5 rings (SSSR count). The highest BCUT2D eigenvalue weighted by atomic mass is 19.4. The first-order valence-corrected chi connectivity index (χ1v) is 11.8. The lowest BCUT2D eigenvalue weighted by Crippen LogP contribution is -2.48. The van der Waals surface area contributed by atoms with E-state index in [2.05, 4.69) is 37.0 Å². The molecule has 1 amide bonds. The Morgan fingerprint density at radius 2 is 1.68 bits per heavy atom. The average Bonchev–Trinajstić information content (AvgIpc) is 3.32. The van der Waals surface area contributed by atoms with Gasteiger partial charge in [0.1, 0.15) is 0 Å². The molecule has 2 aliphatic rings. The molecule has 3 aromatic rings. The molecule has 0 aliphatic carbocycles. The van der Waals surface area contributed by atoms with Gasteiger partial charge in [-0.05, 0) is 44.5 Å². The van der Waals surface area contributed by atoms with Crippen molar-refractivity contribution in [2.75, 3.05) is 44.7 Å². The molecule has 0 bridgehead atoms. The number of aliphatic carboxylic acids is 1. The summed E-state index contributed by atoms with van der Waals surface area (Å²) in [6.45, 7) is 4.11. The van der Waals surface area contributed by atoms with Crippen molar-refractivity contribution in [3.8, 4) is 0 Å². The summed E-state index contributed by atoms with van der Waals surface area (Å²) in [5, 5.41) is 16.0. The van der Waals surface area contributed by atoms with Gasteiger partial charge in [0.25, 0.3) is 5.91 Å². The number of aromatic nitrogens is 5. The van der Waals surface area contributed by atoms with Gasteiger partial charge < -0.3 is 14.9 Å². The molecule has 5 heterocycles. The second-order valence-corrected chi connectivity index (χ2v) is 8.85. The number of piperazine rings is 1. The highest BCUT2D eigenvalue weighted by Crippen LogP contribution is 2.25. The third-order valence-electron chi connectivity index (χ3n) is 6.34. The summed E-state index contributed by atoms with van der Waals surface area (Å²) in [7, 11) is 2.09. The third kappa shape index (κ3) is 6.13. The van der Waals surface area contributed by atoms with Crippen LogP contribution in [0.1, 0.15) is 41.5 Å². The van der Waals surface area contributed by atoms with Gasteiger partial charge in [-0.15, -0.1) is 10.2 Å². The van der Waals surface area contributed by atoms with Crippen molar-refractivity contribution < 1.29 is 27.9 Å². The summed E-state index contributed by atoms with van der Waals surface area (Å²) >= 11 is 0. The van der Waals surface area contributed by atoms with Gasteiger partial charge in [-0.1, -0.05) is 0 Å². The van der Waals surface area contributed by atoms with Crippen LogP contribution < -0.4 is 4.90 Å². The minimum absolute atomic E-state index is 0.0258. The van der Waals surface area contributed by atoms with Crippen LogP contribution in [-0.2, 0) is 4.79 Å². The molecule has 0 saturated carbocycles. The predicted octanol–water partition coefficient (Wildman–Crippen LogP) is 2.27. The van der Waals surface area contributed by atoms with Crippen molar-refractivity contribution in [1.29, 1.82) is 0 Å². The molecule has 0 spiro atoms. The molecule has 11 nitrogen and oxygen atoms in total. The summed E-state index contributed by atoms with van der Waals surface area (Å²) in [4.78, 5) is 37.1. The Labute approximate surface area is 210 Å². The highest BCUT2D eigenvalue weighted by molar-refractivity contribution is 5.94. The number of hydrogen-bond acceptors (Lipinski definition) is 8. The van der Waals surface area contributed by atoms with Crippen LogP contribution in [0.4, 0.5) is 19.1 Å². The number of pyridine rings is 1. The smallest absolute Gasteiger partial charge is 0.475 e. The van der Waals surface area contributed by atoms with E-state index in [-0.39, 0.29) is 11.9 Å². The summed E-state index contributed by atoms with van der Waals surface area (Å²) in [6.07, 6.45) is 3.70. The predicted molar refractivity (Wildman–Crippen MR) is 126 cm³/mol. The van der Waals surface area contributed by atoms with Crippen molar-refractivity contribution in [3.63, 3.8) is 0 Å². The van der Waals surface area contributed by atoms with Gasteiger partial charge in [-0.25, -0.2) is 14.8 Å². The Morgan fingerprint density at radius 1 is 1.00 bits per heavy atom. The lowest BCUT2D eigenvalue weighted by molar-refractivity contribution is -0.192. The minimum Gasteiger partial charge on any atom is -0.475 e. The fourth-order valence-electron chi connectivity index (χ4n) is 4.33. The number of likely N-dealkylation sites (tertiary alicyclic amines) is 1. The number of alkyl halides is 3. The summed E-state index contributed by atoms with van der Waals surface area (Å²) < 4.78 is 33.7. The molecule has 2 fully saturated rings. The number of halogens is 3. The zero-order valence-electron chi connectivity index (χ0n) is 20.2. The number of carboxylic acid groups (broad SMARTS) is 1. The summed E-state index contributed by atoms with van der Waals surface area (Å²) in [5.74, 6) is -1.10. The highest BCUT2D eigenvalue weighted by Gasteiger charge is 2.38. The van der Waals surface area contributed by atoms with E-state index in [1.165, 1.54) is 6.42 Å². The number of carbonyl (C=O) groups is 2. The monoisotopic (exact) mass is 520 g/mol. The maximum Gasteiger partial charge on any atom is 0.490 e. The Morgan fingerprint density at radius 3 is 2.32 bits per heavy atom. The Balaban J connectivity index is 0.000000405. The molecule has 1 N–H and O–H groups in total. The SMILES string of the molecule is CN1CCN(c2ncccn2)CC1c1nnc2ccc(C(=O)N3CCCCC3)cn12.O=C(O)C(F)(F)F. The molecule has 14 heteroatoms. The lowest BCUT2D eigenvalue weighted by atomic mass is 10.1. The van der Waals surface area contributed by atoms with Crippen molar-refractivity contribution in [1.82, 2.24) is 34.4 Å². The average molecular weight is 521 g/mol. The van der Waals surface area contributed by atoms with E-state index in [1.807, 2.05) is 33.7 Å². The number of amides is 1. The van der Waals surface area contributed by atoms with E-state index in [0.717, 1.165) is 56.4 Å². The number of likely N-dealkylation sites (N-methyl/N-ethyl adjacent to an activating group) is 1. The largest absolute Gasteiger partial charge is 0.490 e. The maximum atomic E-state index is 13.0. The topological polar surface area (TPSA) is 120 Å². The van der Waals surface area contributed by atoms with Crippen LogP contribution in [0.5, 0.6) is 0 Å². The van der Waals surface area contributed by atoms with Gasteiger partial charge >= 0.3 is 12.1 Å². The van der Waals surface area contributed by atoms with Crippen LogP contribution in [0.2, 0.25) is 0 Å². The molecule has 1 unspecified atom stereocenters. The lowest BCUT2D eigenvalue weighted by Gasteiger charge is -2.38. The minimum atomic E-state index is -5.08. The number of hydrogen-bond donors (Lipinski definition) is 1. The van der Waals surface area contributed by atoms with Crippen LogP contribution in [0.15, 0.2) is 36.8 Å². The fourth-order valence-corrected chi connectivity index (χ4v) is 4.33. The molecular formula is C23H27F3N8O3. The fraction of sp³-hybridized carbons (Fsp3) is 0.478. The second-order valence-electron chi connectivity index (χ2n) is 8.85. The molecule has 2 aliphatic heterocycles. The maximum absolute atomic E-state index is 13.0. The quantitative estimate of drug-likeness (QED) is 0.555. The van der Waals surface area contributed by atoms with Crippen molar-refractivity contribution in [2.45, 2.75) is 31.5 Å². The zero-order valence-corrected chi connectivity index (χ0v) is 20.2. The molecule has 37 heavy (non-hydrogen) atoms. The molecule has 198 valence electrons.